The van der Waals surface area contributed by atoms with Gasteiger partial charge >= 0.3 is 0 Å². The third-order valence-electron chi connectivity index (χ3n) is 14.8. The third-order valence-corrected chi connectivity index (χ3v) is 15.3. The Labute approximate surface area is 329 Å². The number of rotatable bonds is 11. The Bertz CT molecular complexity index is 1860. The number of Topliss-reactive ketones (excluding diaryl/α,β-unsaturated/α-hetero) is 1. The van der Waals surface area contributed by atoms with Crippen LogP contribution in [0, 0.1) is 34.0 Å². The van der Waals surface area contributed by atoms with Gasteiger partial charge in [0, 0.05) is 27.9 Å². The van der Waals surface area contributed by atoms with E-state index in [4.69, 9.17) is 9.47 Å². The summed E-state index contributed by atoms with van der Waals surface area (Å²) in [4.78, 5) is 63.1. The summed E-state index contributed by atoms with van der Waals surface area (Å²) in [6.07, 6.45) is 9.10. The van der Waals surface area contributed by atoms with Crippen molar-refractivity contribution in [3.63, 3.8) is 0 Å². The maximum absolute atomic E-state index is 13.9. The zero-order chi connectivity index (χ0) is 39.3. The molecular weight excluding hydrogens is 770 g/mol. The number of alkyl halides is 1. The second kappa shape index (κ2) is 13.4. The highest BCUT2D eigenvalue weighted by Crippen LogP contribution is 2.71. The van der Waals surface area contributed by atoms with Gasteiger partial charge in [-0.3, -0.25) is 24.0 Å². The van der Waals surface area contributed by atoms with Gasteiger partial charge in [0.2, 0.25) is 17.7 Å². The van der Waals surface area contributed by atoms with Crippen molar-refractivity contribution in [3.05, 3.63) is 59.2 Å². The molecule has 12 nitrogen and oxygen atoms in total. The second-order valence-electron chi connectivity index (χ2n) is 18.2. The quantitative estimate of drug-likeness (QED) is 0.210. The van der Waals surface area contributed by atoms with Crippen molar-refractivity contribution in [3.8, 4) is 0 Å². The first-order chi connectivity index (χ1) is 26.0. The number of ketones is 2. The summed E-state index contributed by atoms with van der Waals surface area (Å²) >= 11 is 3.06. The lowest BCUT2D eigenvalue weighted by Crippen LogP contribution is -2.76. The van der Waals surface area contributed by atoms with Gasteiger partial charge in [0.05, 0.1) is 17.5 Å². The van der Waals surface area contributed by atoms with Crippen LogP contribution in [-0.2, 0) is 39.9 Å². The molecule has 0 aromatic heterocycles. The van der Waals surface area contributed by atoms with Gasteiger partial charge in [0.25, 0.3) is 0 Å². The third kappa shape index (κ3) is 5.92. The number of amides is 3. The molecule has 5 N–H and O–H groups in total. The Morgan fingerprint density at radius 2 is 1.71 bits per heavy atom. The molecule has 7 fully saturated rings. The number of carbonyl (C=O) groups excluding carboxylic acids is 5. The van der Waals surface area contributed by atoms with Crippen LogP contribution in [0.4, 0.5) is 0 Å². The Hall–Kier alpha value is -3.23. The number of fused-ring (bicyclic) bond motifs is 7. The van der Waals surface area contributed by atoms with Crippen LogP contribution in [0.2, 0.25) is 0 Å². The Kier molecular flexibility index (Phi) is 9.43. The summed E-state index contributed by atoms with van der Waals surface area (Å²) in [5.41, 5.74) is 0.242. The minimum atomic E-state index is -1.40. The Balaban J connectivity index is 0.897. The molecule has 1 heterocycles. The molecule has 1 aromatic carbocycles. The Morgan fingerprint density at radius 1 is 1.02 bits per heavy atom. The molecule has 1 aromatic rings. The first kappa shape index (κ1) is 38.6. The molecule has 2 bridgehead atoms. The highest BCUT2D eigenvalue weighted by Gasteiger charge is 2.76. The van der Waals surface area contributed by atoms with E-state index in [2.05, 4.69) is 50.9 Å². The van der Waals surface area contributed by atoms with Crippen LogP contribution >= 0.6 is 15.9 Å². The van der Waals surface area contributed by atoms with Gasteiger partial charge in [-0.05, 0) is 100 Å². The number of ether oxygens (including phenoxy) is 2. The van der Waals surface area contributed by atoms with E-state index in [0.29, 0.717) is 12.8 Å². The van der Waals surface area contributed by atoms with Gasteiger partial charge in [-0.25, -0.2) is 0 Å². The molecule has 0 unspecified atom stereocenters. The fourth-order valence-electron chi connectivity index (χ4n) is 12.5. The molecule has 7 aliphatic carbocycles. The Morgan fingerprint density at radius 3 is 2.38 bits per heavy atom. The van der Waals surface area contributed by atoms with Crippen molar-refractivity contribution in [1.29, 1.82) is 0 Å². The van der Waals surface area contributed by atoms with E-state index >= 15 is 0 Å². The molecule has 1 saturated heterocycles. The fourth-order valence-corrected chi connectivity index (χ4v) is 12.7. The number of aliphatic hydroxyl groups is 2. The molecule has 1 aliphatic heterocycles. The van der Waals surface area contributed by atoms with Crippen molar-refractivity contribution < 1.29 is 43.7 Å². The first-order valence-corrected chi connectivity index (χ1v) is 20.8. The maximum atomic E-state index is 13.9. The zero-order valence-electron chi connectivity index (χ0n) is 31.9. The van der Waals surface area contributed by atoms with Crippen LogP contribution < -0.4 is 16.0 Å². The normalized spacial score (nSPS) is 41.5. The predicted octanol–water partition coefficient (Wildman–Crippen LogP) is 3.28. The molecule has 13 heteroatoms. The first-order valence-electron chi connectivity index (χ1n) is 19.7. The molecule has 0 spiro atoms. The molecule has 55 heavy (non-hydrogen) atoms. The summed E-state index contributed by atoms with van der Waals surface area (Å²) in [5, 5.41) is 30.7. The lowest BCUT2D eigenvalue weighted by molar-refractivity contribution is -0.201. The summed E-state index contributed by atoms with van der Waals surface area (Å²) in [7, 11) is 0. The number of nitrogens with one attached hydrogen (secondary N) is 3. The molecule has 6 saturated carbocycles. The van der Waals surface area contributed by atoms with Gasteiger partial charge in [-0.1, -0.05) is 65.7 Å². The monoisotopic (exact) mass is 821 g/mol. The standard InChI is InChI=1S/C42H52BrN3O9/c1-22(44-33(51)17-43)35(52)45-23(2)36(53)46-41-19-40(20-41,21-41)15-24-5-7-25(8-6-24)37-54-32-14-29-28-10-9-26-13-27(48)11-12-38(26,3)34(28)30(49)16-39(29,4)42(32,55-37)31(50)18-47/h5-8,11-13,22-23,28-30,32,34,37,47,49H,9-10,14-21H2,1-4H3,(H,44,51)(H,45,52)(H,46,53)/t22-,23-,28-,29-,30-,32+,34+,37+,38-,39-,40?,41?,42+/m0/s1. The predicted molar refractivity (Wildman–Crippen MR) is 203 cm³/mol. The number of aliphatic hydroxyl groups excluding tert-OH is 2. The van der Waals surface area contributed by atoms with E-state index in [1.165, 1.54) is 0 Å². The smallest absolute Gasteiger partial charge is 0.242 e. The van der Waals surface area contributed by atoms with E-state index < -0.39 is 65.3 Å². The molecule has 3 amide bonds. The van der Waals surface area contributed by atoms with Crippen LogP contribution in [-0.4, -0.2) is 86.9 Å². The minimum Gasteiger partial charge on any atom is -0.393 e. The van der Waals surface area contributed by atoms with Crippen molar-refractivity contribution in [2.24, 2.45) is 34.0 Å². The summed E-state index contributed by atoms with van der Waals surface area (Å²) in [6, 6.07) is 6.58. The zero-order valence-corrected chi connectivity index (χ0v) is 33.4. The lowest BCUT2D eigenvalue weighted by atomic mass is 9.38. The van der Waals surface area contributed by atoms with Gasteiger partial charge < -0.3 is 35.6 Å². The molecule has 11 atom stereocenters. The summed E-state index contributed by atoms with van der Waals surface area (Å²) < 4.78 is 13.4. The van der Waals surface area contributed by atoms with Gasteiger partial charge in [-0.15, -0.1) is 0 Å². The molecular formula is C42H52BrN3O9. The molecule has 9 rings (SSSR count). The molecule has 296 valence electrons. The summed E-state index contributed by atoms with van der Waals surface area (Å²) in [5.74, 6) is -1.38. The highest BCUT2D eigenvalue weighted by atomic mass is 79.9. The molecule has 0 radical (unpaired) electrons. The summed E-state index contributed by atoms with van der Waals surface area (Å²) in [6.45, 7) is 6.69. The second-order valence-corrected chi connectivity index (χ2v) is 18.8. The van der Waals surface area contributed by atoms with Crippen LogP contribution in [0.15, 0.2) is 48.1 Å². The van der Waals surface area contributed by atoms with Gasteiger partial charge in [-0.2, -0.15) is 0 Å². The lowest BCUT2D eigenvalue weighted by Gasteiger charge is -2.71. The number of hydrogen-bond donors (Lipinski definition) is 5. The maximum Gasteiger partial charge on any atom is 0.242 e. The van der Waals surface area contributed by atoms with Gasteiger partial charge in [0.15, 0.2) is 23.5 Å². The van der Waals surface area contributed by atoms with Crippen LogP contribution in [0.3, 0.4) is 0 Å². The topological polar surface area (TPSA) is 180 Å². The fraction of sp³-hybridized carbons (Fsp3) is 0.643. The largest absolute Gasteiger partial charge is 0.393 e. The number of allylic oxidation sites excluding steroid dienone is 4. The highest BCUT2D eigenvalue weighted by molar-refractivity contribution is 9.09. The van der Waals surface area contributed by atoms with Crippen LogP contribution in [0.1, 0.15) is 90.1 Å². The minimum absolute atomic E-state index is 0.0142. The average Bonchev–Trinajstić information content (AvgIpc) is 3.62. The van der Waals surface area contributed by atoms with E-state index in [0.717, 1.165) is 55.2 Å². The van der Waals surface area contributed by atoms with E-state index in [1.807, 2.05) is 25.1 Å². The SMILES string of the molecule is C[C@H](NC(=O)CBr)C(=O)N[C@@H](C)C(=O)NC12CC(Cc3ccc([C@@H]4O[C@@H]5C[C@H]6[C@@H]7CCC8=CC(=O)C=C[C@]8(C)[C@H]7[C@@H](O)C[C@]6(C)[C@]5(C(=O)CO)O4)cc3)(C1)C2. The van der Waals surface area contributed by atoms with E-state index in [9.17, 15) is 34.2 Å². The average molecular weight is 823 g/mol. The van der Waals surface area contributed by atoms with Crippen LogP contribution in [0.25, 0.3) is 0 Å². The number of carbonyl (C=O) groups is 5. The van der Waals surface area contributed by atoms with Crippen molar-refractivity contribution in [2.75, 3.05) is 11.9 Å². The number of halogens is 1. The van der Waals surface area contributed by atoms with E-state index in [-0.39, 0.29) is 51.6 Å². The van der Waals surface area contributed by atoms with Crippen LogP contribution in [0.5, 0.6) is 0 Å². The van der Waals surface area contributed by atoms with Gasteiger partial charge in [0.1, 0.15) is 18.7 Å². The van der Waals surface area contributed by atoms with Crippen molar-refractivity contribution >= 4 is 45.2 Å². The van der Waals surface area contributed by atoms with Crippen molar-refractivity contribution in [2.45, 2.75) is 121 Å². The number of hydrogen-bond acceptors (Lipinski definition) is 9. The number of benzene rings is 1. The molecule has 8 aliphatic rings. The van der Waals surface area contributed by atoms with E-state index in [1.54, 1.807) is 26.0 Å². The van der Waals surface area contributed by atoms with Crippen molar-refractivity contribution in [1.82, 2.24) is 16.0 Å².